The molecule has 29 heavy (non-hydrogen) atoms. The zero-order chi connectivity index (χ0) is 18.8. The molecule has 1 aliphatic rings. The summed E-state index contributed by atoms with van der Waals surface area (Å²) < 4.78 is 1.44. The number of nitrogens with zero attached hydrogens (tertiary/aromatic N) is 6. The number of anilines is 1. The van der Waals surface area contributed by atoms with Gasteiger partial charge < -0.3 is 9.80 Å². The van der Waals surface area contributed by atoms with Gasteiger partial charge in [-0.05, 0) is 33.0 Å². The number of H-pyrrole nitrogens is 1. The van der Waals surface area contributed by atoms with Crippen molar-refractivity contribution in [2.45, 2.75) is 18.9 Å². The maximum Gasteiger partial charge on any atom is 0.280 e. The first-order valence-electron chi connectivity index (χ1n) is 9.08. The summed E-state index contributed by atoms with van der Waals surface area (Å²) in [4.78, 5) is 30.1. The summed E-state index contributed by atoms with van der Waals surface area (Å²) >= 11 is 0. The summed E-state index contributed by atoms with van der Waals surface area (Å²) in [6.07, 6.45) is 8.75. The molecule has 0 bridgehead atoms. The summed E-state index contributed by atoms with van der Waals surface area (Å²) in [5.41, 5.74) is 1.19. The zero-order valence-electron chi connectivity index (χ0n) is 16.4. The lowest BCUT2D eigenvalue weighted by atomic mass is 10.0. The highest BCUT2D eigenvalue weighted by atomic mass is 35.5. The van der Waals surface area contributed by atoms with Gasteiger partial charge in [-0.3, -0.25) is 14.9 Å². The highest BCUT2D eigenvalue weighted by Gasteiger charge is 2.22. The van der Waals surface area contributed by atoms with Crippen molar-refractivity contribution in [2.75, 3.05) is 32.1 Å². The van der Waals surface area contributed by atoms with Crippen molar-refractivity contribution < 1.29 is 0 Å². The van der Waals surface area contributed by atoms with Crippen LogP contribution in [-0.2, 0) is 0 Å². The lowest BCUT2D eigenvalue weighted by molar-refractivity contribution is 0.249. The van der Waals surface area contributed by atoms with Crippen LogP contribution in [0.1, 0.15) is 12.8 Å². The van der Waals surface area contributed by atoms with Crippen LogP contribution in [0.5, 0.6) is 0 Å². The van der Waals surface area contributed by atoms with E-state index in [2.05, 4.69) is 43.9 Å². The molecule has 0 amide bonds. The number of piperidine rings is 1. The summed E-state index contributed by atoms with van der Waals surface area (Å²) in [6, 6.07) is 6.14. The third kappa shape index (κ3) is 4.77. The van der Waals surface area contributed by atoms with Crippen LogP contribution in [0, 0.1) is 0 Å². The van der Waals surface area contributed by atoms with Crippen molar-refractivity contribution in [3.05, 3.63) is 53.5 Å². The van der Waals surface area contributed by atoms with Gasteiger partial charge in [-0.1, -0.05) is 6.07 Å². The van der Waals surface area contributed by atoms with Crippen LogP contribution in [-0.4, -0.2) is 62.9 Å². The Bertz CT molecular complexity index is 966. The van der Waals surface area contributed by atoms with Gasteiger partial charge in [0.25, 0.3) is 5.56 Å². The van der Waals surface area contributed by atoms with Crippen molar-refractivity contribution in [1.29, 1.82) is 0 Å². The number of aromatic nitrogens is 5. The highest BCUT2D eigenvalue weighted by molar-refractivity contribution is 5.85. The molecule has 0 unspecified atom stereocenters. The second-order valence-electron chi connectivity index (χ2n) is 6.99. The molecule has 3 aromatic heterocycles. The number of rotatable bonds is 4. The number of hydrogen-bond donors (Lipinski definition) is 1. The standard InChI is InChI=1S/C19H23N7O.2ClH/c1-24(2)15-5-8-25(9-6-15)17-10-18(22-13-21-17)26-19(27)16(12-23-26)14-4-3-7-20-11-14;;/h3-4,7,10-13,15,23H,5-6,8-9H2,1-2H3;2*1H. The van der Waals surface area contributed by atoms with E-state index in [1.54, 1.807) is 18.6 Å². The topological polar surface area (TPSA) is 82.9 Å². The smallest absolute Gasteiger partial charge is 0.280 e. The molecule has 1 aliphatic heterocycles. The highest BCUT2D eigenvalue weighted by Crippen LogP contribution is 2.21. The molecule has 0 aliphatic carbocycles. The fourth-order valence-electron chi connectivity index (χ4n) is 3.51. The van der Waals surface area contributed by atoms with Crippen molar-refractivity contribution in [2.24, 2.45) is 0 Å². The molecule has 0 spiro atoms. The maximum absolute atomic E-state index is 12.8. The average Bonchev–Trinajstić information content (AvgIpc) is 3.10. The Hall–Kier alpha value is -2.42. The van der Waals surface area contributed by atoms with Crippen molar-refractivity contribution >= 4 is 30.6 Å². The average molecular weight is 438 g/mol. The van der Waals surface area contributed by atoms with Crippen LogP contribution in [0.3, 0.4) is 0 Å². The number of pyridine rings is 1. The lowest BCUT2D eigenvalue weighted by Gasteiger charge is -2.35. The fourth-order valence-corrected chi connectivity index (χ4v) is 3.51. The van der Waals surface area contributed by atoms with Gasteiger partial charge in [-0.15, -0.1) is 24.8 Å². The van der Waals surface area contributed by atoms with E-state index in [1.165, 1.54) is 11.0 Å². The molecule has 10 heteroatoms. The molecule has 1 N–H and O–H groups in total. The molecular formula is C19H25Cl2N7O. The summed E-state index contributed by atoms with van der Waals surface area (Å²) in [5, 5.41) is 3.00. The Labute approximate surface area is 181 Å². The van der Waals surface area contributed by atoms with E-state index < -0.39 is 0 Å². The van der Waals surface area contributed by atoms with E-state index in [0.717, 1.165) is 37.3 Å². The minimum absolute atomic E-state index is 0. The summed E-state index contributed by atoms with van der Waals surface area (Å²) in [6.45, 7) is 1.89. The predicted octanol–water partition coefficient (Wildman–Crippen LogP) is 2.39. The maximum atomic E-state index is 12.8. The SMILES string of the molecule is CN(C)C1CCN(c2cc(-n3[nH]cc(-c4cccnc4)c3=O)ncn2)CC1.Cl.Cl. The van der Waals surface area contributed by atoms with Gasteiger partial charge in [-0.2, -0.15) is 0 Å². The Morgan fingerprint density at radius 1 is 1.14 bits per heavy atom. The van der Waals surface area contributed by atoms with Gasteiger partial charge in [0, 0.05) is 49.4 Å². The van der Waals surface area contributed by atoms with Gasteiger partial charge in [0.05, 0.1) is 5.56 Å². The summed E-state index contributed by atoms with van der Waals surface area (Å²) in [7, 11) is 4.25. The minimum atomic E-state index is -0.154. The molecule has 8 nitrogen and oxygen atoms in total. The van der Waals surface area contributed by atoms with E-state index in [9.17, 15) is 4.79 Å². The molecule has 4 rings (SSSR count). The van der Waals surface area contributed by atoms with Crippen LogP contribution in [0.2, 0.25) is 0 Å². The van der Waals surface area contributed by atoms with E-state index in [0.29, 0.717) is 17.4 Å². The zero-order valence-corrected chi connectivity index (χ0v) is 18.0. The van der Waals surface area contributed by atoms with E-state index in [4.69, 9.17) is 0 Å². The monoisotopic (exact) mass is 437 g/mol. The van der Waals surface area contributed by atoms with Gasteiger partial charge in [0.15, 0.2) is 5.82 Å². The number of halogens is 2. The normalized spacial score (nSPS) is 14.4. The Balaban J connectivity index is 0.00000150. The molecule has 1 fully saturated rings. The number of nitrogens with one attached hydrogen (secondary N) is 1. The second kappa shape index (κ2) is 9.87. The van der Waals surface area contributed by atoms with Gasteiger partial charge >= 0.3 is 0 Å². The first-order valence-corrected chi connectivity index (χ1v) is 9.08. The Morgan fingerprint density at radius 2 is 1.86 bits per heavy atom. The summed E-state index contributed by atoms with van der Waals surface area (Å²) in [5.74, 6) is 1.39. The van der Waals surface area contributed by atoms with Crippen molar-refractivity contribution in [1.82, 2.24) is 29.6 Å². The van der Waals surface area contributed by atoms with Crippen LogP contribution in [0.15, 0.2) is 47.9 Å². The Morgan fingerprint density at radius 3 is 2.52 bits per heavy atom. The van der Waals surface area contributed by atoms with Crippen LogP contribution < -0.4 is 10.5 Å². The minimum Gasteiger partial charge on any atom is -0.356 e. The van der Waals surface area contributed by atoms with E-state index in [-0.39, 0.29) is 30.4 Å². The van der Waals surface area contributed by atoms with E-state index >= 15 is 0 Å². The van der Waals surface area contributed by atoms with Gasteiger partial charge in [0.2, 0.25) is 0 Å². The molecule has 0 aromatic carbocycles. The molecule has 0 radical (unpaired) electrons. The third-order valence-electron chi connectivity index (χ3n) is 5.13. The Kier molecular flexibility index (Phi) is 7.78. The second-order valence-corrected chi connectivity index (χ2v) is 6.99. The molecular weight excluding hydrogens is 413 g/mol. The molecule has 4 heterocycles. The lowest BCUT2D eigenvalue weighted by Crippen LogP contribution is -2.42. The third-order valence-corrected chi connectivity index (χ3v) is 5.13. The van der Waals surface area contributed by atoms with Crippen molar-refractivity contribution in [3.63, 3.8) is 0 Å². The van der Waals surface area contributed by atoms with Crippen LogP contribution in [0.4, 0.5) is 5.82 Å². The molecule has 1 saturated heterocycles. The van der Waals surface area contributed by atoms with Crippen LogP contribution >= 0.6 is 24.8 Å². The van der Waals surface area contributed by atoms with Crippen molar-refractivity contribution in [3.8, 4) is 16.9 Å². The largest absolute Gasteiger partial charge is 0.356 e. The van der Waals surface area contributed by atoms with Gasteiger partial charge in [0.1, 0.15) is 12.1 Å². The molecule has 0 saturated carbocycles. The van der Waals surface area contributed by atoms with Crippen LogP contribution in [0.25, 0.3) is 16.9 Å². The number of aromatic amines is 1. The quantitative estimate of drug-likeness (QED) is 0.674. The molecule has 3 aromatic rings. The predicted molar refractivity (Wildman–Crippen MR) is 119 cm³/mol. The number of hydrogen-bond acceptors (Lipinski definition) is 6. The first kappa shape index (κ1) is 22.9. The molecule has 156 valence electrons. The van der Waals surface area contributed by atoms with E-state index in [1.807, 2.05) is 18.2 Å². The fraction of sp³-hybridized carbons (Fsp3) is 0.368. The molecule has 0 atom stereocenters. The first-order chi connectivity index (χ1) is 13.1. The van der Waals surface area contributed by atoms with Gasteiger partial charge in [-0.25, -0.2) is 14.6 Å².